The van der Waals surface area contributed by atoms with Gasteiger partial charge in [0.15, 0.2) is 5.76 Å². The molecule has 4 rings (SSSR count). The van der Waals surface area contributed by atoms with Gasteiger partial charge in [-0.25, -0.2) is 11.0 Å². The van der Waals surface area contributed by atoms with Crippen molar-refractivity contribution in [1.82, 2.24) is 10.2 Å². The lowest BCUT2D eigenvalue weighted by Gasteiger charge is -2.31. The Morgan fingerprint density at radius 1 is 1.16 bits per heavy atom. The quantitative estimate of drug-likeness (QED) is 0.397. The van der Waals surface area contributed by atoms with E-state index in [0.29, 0.717) is 18.7 Å². The molecule has 2 aromatic rings. The number of ketones is 1. The maximum absolute atomic E-state index is 13.0. The van der Waals surface area contributed by atoms with E-state index in [1.54, 1.807) is 6.92 Å². The number of rotatable bonds is 9. The highest BCUT2D eigenvalue weighted by Gasteiger charge is 2.30. The average molecular weight is 499 g/mol. The van der Waals surface area contributed by atoms with Gasteiger partial charge in [-0.1, -0.05) is 36.1 Å². The van der Waals surface area contributed by atoms with Crippen molar-refractivity contribution in [3.63, 3.8) is 0 Å². The van der Waals surface area contributed by atoms with Crippen LogP contribution in [0, 0.1) is 18.4 Å². The van der Waals surface area contributed by atoms with E-state index >= 15 is 0 Å². The maximum Gasteiger partial charge on any atom is 0.248 e. The third-order valence-electron chi connectivity index (χ3n) is 6.66. The predicted octanol–water partition coefficient (Wildman–Crippen LogP) is 4.42. The van der Waals surface area contributed by atoms with Gasteiger partial charge >= 0.3 is 0 Å². The molecule has 0 aliphatic carbocycles. The van der Waals surface area contributed by atoms with E-state index in [4.69, 9.17) is 6.57 Å². The van der Waals surface area contributed by atoms with Gasteiger partial charge < -0.3 is 15.3 Å². The number of nitrogens with one attached hydrogen (secondary N) is 1. The summed E-state index contributed by atoms with van der Waals surface area (Å²) < 4.78 is 13.0. The second-order valence-corrected chi connectivity index (χ2v) is 9.64. The molecule has 0 amide bonds. The summed E-state index contributed by atoms with van der Waals surface area (Å²) in [7, 11) is 0. The number of aliphatic hydroxyl groups excluding tert-OH is 1. The zero-order chi connectivity index (χ0) is 26.2. The third kappa shape index (κ3) is 7.13. The molecule has 2 atom stereocenters. The molecule has 0 saturated carbocycles. The second-order valence-electron chi connectivity index (χ2n) is 9.64. The van der Waals surface area contributed by atoms with Gasteiger partial charge in [0.1, 0.15) is 6.67 Å². The monoisotopic (exact) mass is 498 g/mol. The van der Waals surface area contributed by atoms with Crippen molar-refractivity contribution >= 4 is 12.0 Å². The molecule has 0 radical (unpaired) electrons. The molecule has 0 spiro atoms. The summed E-state index contributed by atoms with van der Waals surface area (Å²) in [4.78, 5) is 21.9. The first-order valence-electron chi connectivity index (χ1n) is 12.5. The van der Waals surface area contributed by atoms with Gasteiger partial charge in [0.2, 0.25) is 11.8 Å². The largest absolute Gasteiger partial charge is 0.503 e. The minimum absolute atomic E-state index is 0.0970. The number of benzene rings is 2. The van der Waals surface area contributed by atoms with Crippen LogP contribution in [0.1, 0.15) is 47.9 Å². The number of carbonyl (C=O) groups excluding carboxylic acids is 1. The first-order chi connectivity index (χ1) is 17.9. The number of nitrogens with zero attached hydrogens (tertiary/aromatic N) is 3. The summed E-state index contributed by atoms with van der Waals surface area (Å²) in [6, 6.07) is 15.9. The third-order valence-corrected chi connectivity index (χ3v) is 6.66. The summed E-state index contributed by atoms with van der Waals surface area (Å²) in [5.41, 5.74) is 4.37. The molecular weight excluding hydrogens is 467 g/mol. The zero-order valence-corrected chi connectivity index (χ0v) is 21.0. The van der Waals surface area contributed by atoms with Crippen molar-refractivity contribution in [2.75, 3.05) is 26.3 Å². The first kappa shape index (κ1) is 26.3. The second kappa shape index (κ2) is 12.5. The van der Waals surface area contributed by atoms with Crippen LogP contribution in [0.4, 0.5) is 4.39 Å². The molecule has 1 unspecified atom stereocenters. The molecule has 2 heterocycles. The van der Waals surface area contributed by atoms with E-state index < -0.39 is 6.67 Å². The number of Topliss-reactive ketones (excluding diaryl/α,β-unsaturated/α-hetero) is 1. The molecule has 190 valence electrons. The summed E-state index contributed by atoms with van der Waals surface area (Å²) >= 11 is 0. The van der Waals surface area contributed by atoms with Crippen LogP contribution in [0.25, 0.3) is 4.85 Å². The molecule has 2 aromatic carbocycles. The summed E-state index contributed by atoms with van der Waals surface area (Å²) in [6.07, 6.45) is 2.00. The average Bonchev–Trinajstić information content (AvgIpc) is 2.90. The fraction of sp³-hybridized carbons (Fsp3) is 0.367. The van der Waals surface area contributed by atoms with Gasteiger partial charge in [0.05, 0.1) is 18.8 Å². The Hall–Kier alpha value is -3.78. The fourth-order valence-electron chi connectivity index (χ4n) is 4.33. The van der Waals surface area contributed by atoms with E-state index in [2.05, 4.69) is 44.0 Å². The van der Waals surface area contributed by atoms with Crippen LogP contribution in [0.2, 0.25) is 0 Å². The summed E-state index contributed by atoms with van der Waals surface area (Å²) in [6.45, 7) is 11.4. The Kier molecular flexibility index (Phi) is 8.85. The van der Waals surface area contributed by atoms with Crippen molar-refractivity contribution in [2.45, 2.75) is 44.3 Å². The van der Waals surface area contributed by atoms with Crippen LogP contribution in [0.5, 0.6) is 0 Å². The van der Waals surface area contributed by atoms with Gasteiger partial charge in [-0.2, -0.15) is 0 Å². The molecule has 2 aliphatic rings. The van der Waals surface area contributed by atoms with Gasteiger partial charge in [0, 0.05) is 55.2 Å². The molecule has 1 fully saturated rings. The molecule has 2 N–H and O–H groups in total. The Bertz CT molecular complexity index is 1260. The number of likely N-dealkylation sites (tertiary alicyclic amines) is 1. The number of aliphatic hydroxyl groups is 1. The van der Waals surface area contributed by atoms with Gasteiger partial charge in [-0.3, -0.25) is 14.7 Å². The minimum atomic E-state index is -0.478. The lowest BCUT2D eigenvalue weighted by atomic mass is 9.92. The SMILES string of the molecule is [C-]#[N+]C1CN(Cc2ccc(C#Cc3ccc(C(CN[C@@H](C)CF)CC4=C(O)C(=O)CC=N4)cc3)cc2)C1. The van der Waals surface area contributed by atoms with Crippen molar-refractivity contribution < 1.29 is 14.3 Å². The fourth-order valence-corrected chi connectivity index (χ4v) is 4.33. The smallest absolute Gasteiger partial charge is 0.248 e. The minimum Gasteiger partial charge on any atom is -0.503 e. The molecule has 0 aromatic heterocycles. The van der Waals surface area contributed by atoms with Gasteiger partial charge in [0.25, 0.3) is 0 Å². The molecule has 37 heavy (non-hydrogen) atoms. The number of hydrogen-bond acceptors (Lipinski definition) is 5. The van der Waals surface area contributed by atoms with Crippen molar-refractivity contribution in [3.8, 4) is 11.8 Å². The normalized spacial score (nSPS) is 17.5. The van der Waals surface area contributed by atoms with E-state index in [1.807, 2.05) is 36.4 Å². The number of halogens is 1. The van der Waals surface area contributed by atoms with Crippen LogP contribution < -0.4 is 5.32 Å². The number of hydrogen-bond donors (Lipinski definition) is 2. The molecule has 0 bridgehead atoms. The topological polar surface area (TPSA) is 69.3 Å². The lowest BCUT2D eigenvalue weighted by molar-refractivity contribution is -0.117. The van der Waals surface area contributed by atoms with E-state index in [-0.39, 0.29) is 36.0 Å². The molecule has 7 heteroatoms. The maximum atomic E-state index is 13.0. The van der Waals surface area contributed by atoms with Gasteiger partial charge in [-0.05, 0) is 42.3 Å². The predicted molar refractivity (Wildman–Crippen MR) is 143 cm³/mol. The van der Waals surface area contributed by atoms with Crippen molar-refractivity contribution in [3.05, 3.63) is 93.7 Å². The van der Waals surface area contributed by atoms with E-state index in [9.17, 15) is 14.3 Å². The van der Waals surface area contributed by atoms with Crippen LogP contribution >= 0.6 is 0 Å². The van der Waals surface area contributed by atoms with E-state index in [1.165, 1.54) is 11.8 Å². The van der Waals surface area contributed by atoms with E-state index in [0.717, 1.165) is 36.3 Å². The summed E-state index contributed by atoms with van der Waals surface area (Å²) in [5, 5.41) is 13.4. The van der Waals surface area contributed by atoms with Crippen molar-refractivity contribution in [1.29, 1.82) is 0 Å². The lowest BCUT2D eigenvalue weighted by Crippen LogP contribution is -2.48. The Morgan fingerprint density at radius 2 is 1.81 bits per heavy atom. The zero-order valence-electron chi connectivity index (χ0n) is 21.0. The molecule has 1 saturated heterocycles. The Labute approximate surface area is 217 Å². The highest BCUT2D eigenvalue weighted by molar-refractivity contribution is 6.03. The van der Waals surface area contributed by atoms with Crippen LogP contribution in [0.3, 0.4) is 0 Å². The molecule has 2 aliphatic heterocycles. The standard InChI is InChI=1S/C30H31FN4O2/c1-21(16-31)34-17-26(15-28-30(37)29(36)13-14-33-28)25-11-9-23(10-12-25)4-3-22-5-7-24(8-6-22)18-35-19-27(20-35)32-2/h5-12,14,21,26-27,34,37H,13,15-20H2,1H3/t21-,26?/m0/s1. The van der Waals surface area contributed by atoms with Crippen LogP contribution in [-0.4, -0.2) is 60.4 Å². The highest BCUT2D eigenvalue weighted by atomic mass is 19.1. The number of allylic oxidation sites excluding steroid dienone is 2. The number of carbonyl (C=O) groups is 1. The molecular formula is C30H31FN4O2. The van der Waals surface area contributed by atoms with Gasteiger partial charge in [-0.15, -0.1) is 0 Å². The molecule has 6 nitrogen and oxygen atoms in total. The number of aliphatic imine (C=N–C) groups is 1. The number of alkyl halides is 1. The summed E-state index contributed by atoms with van der Waals surface area (Å²) in [5.74, 6) is 5.69. The highest BCUT2D eigenvalue weighted by Crippen LogP contribution is 2.27. The van der Waals surface area contributed by atoms with Crippen LogP contribution in [-0.2, 0) is 11.3 Å². The first-order valence-corrected chi connectivity index (χ1v) is 12.5. The Morgan fingerprint density at radius 3 is 2.43 bits per heavy atom. The Balaban J connectivity index is 1.41. The van der Waals surface area contributed by atoms with Crippen LogP contribution in [0.15, 0.2) is 65.0 Å². The van der Waals surface area contributed by atoms with Crippen molar-refractivity contribution in [2.24, 2.45) is 4.99 Å².